The zero-order chi connectivity index (χ0) is 20.3. The van der Waals surface area contributed by atoms with E-state index < -0.39 is 0 Å². The van der Waals surface area contributed by atoms with Gasteiger partial charge in [0, 0.05) is 51.9 Å². The van der Waals surface area contributed by atoms with E-state index in [1.165, 1.54) is 0 Å². The Balaban J connectivity index is 1.28. The third-order valence-electron chi connectivity index (χ3n) is 6.55. The van der Waals surface area contributed by atoms with Gasteiger partial charge in [0.2, 0.25) is 5.91 Å². The molecule has 0 N–H and O–H groups in total. The van der Waals surface area contributed by atoms with E-state index in [1.54, 1.807) is 16.9 Å². The number of ether oxygens (including phenoxy) is 2. The quantitative estimate of drug-likeness (QED) is 0.747. The Labute approximate surface area is 172 Å². The van der Waals surface area contributed by atoms with E-state index in [9.17, 15) is 9.59 Å². The van der Waals surface area contributed by atoms with Gasteiger partial charge >= 0.3 is 0 Å². The van der Waals surface area contributed by atoms with Crippen LogP contribution in [0, 0.1) is 0 Å². The first-order valence-electron chi connectivity index (χ1n) is 10.9. The number of nitrogens with zero attached hydrogens (tertiary/aromatic N) is 4. The van der Waals surface area contributed by atoms with Crippen molar-refractivity contribution in [2.24, 2.45) is 0 Å². The van der Waals surface area contributed by atoms with Gasteiger partial charge in [-0.2, -0.15) is 5.10 Å². The highest BCUT2D eigenvalue weighted by Crippen LogP contribution is 2.36. The summed E-state index contributed by atoms with van der Waals surface area (Å²) < 4.78 is 13.9. The fourth-order valence-corrected chi connectivity index (χ4v) is 4.77. The Hall–Kier alpha value is -1.93. The lowest BCUT2D eigenvalue weighted by Crippen LogP contribution is -2.52. The van der Waals surface area contributed by atoms with Gasteiger partial charge in [-0.3, -0.25) is 14.3 Å². The van der Waals surface area contributed by atoms with Gasteiger partial charge in [0.1, 0.15) is 12.3 Å². The van der Waals surface area contributed by atoms with Gasteiger partial charge in [-0.1, -0.05) is 0 Å². The SMILES string of the molecule is CCn1nccc1C(=O)N1CCC2(CC1)CC(OCC(=O)N1CCCC1)CCO2. The van der Waals surface area contributed by atoms with Crippen molar-refractivity contribution in [1.29, 1.82) is 0 Å². The summed E-state index contributed by atoms with van der Waals surface area (Å²) in [5.74, 6) is 0.148. The number of carbonyl (C=O) groups is 2. The van der Waals surface area contributed by atoms with Gasteiger partial charge in [-0.05, 0) is 45.1 Å². The van der Waals surface area contributed by atoms with Crippen molar-refractivity contribution in [1.82, 2.24) is 19.6 Å². The Bertz CT molecular complexity index is 720. The second-order valence-electron chi connectivity index (χ2n) is 8.37. The lowest BCUT2D eigenvalue weighted by Gasteiger charge is -2.46. The second-order valence-corrected chi connectivity index (χ2v) is 8.37. The van der Waals surface area contributed by atoms with E-state index in [2.05, 4.69) is 5.10 Å². The molecule has 8 nitrogen and oxygen atoms in total. The zero-order valence-electron chi connectivity index (χ0n) is 17.3. The average molecular weight is 405 g/mol. The maximum absolute atomic E-state index is 12.8. The number of piperidine rings is 1. The molecule has 1 aromatic heterocycles. The van der Waals surface area contributed by atoms with Crippen LogP contribution < -0.4 is 0 Å². The van der Waals surface area contributed by atoms with Gasteiger partial charge in [0.15, 0.2) is 0 Å². The highest BCUT2D eigenvalue weighted by Gasteiger charge is 2.42. The topological polar surface area (TPSA) is 76.9 Å². The molecule has 0 aliphatic carbocycles. The first kappa shape index (κ1) is 20.3. The van der Waals surface area contributed by atoms with Crippen molar-refractivity contribution in [3.8, 4) is 0 Å². The molecule has 0 bridgehead atoms. The van der Waals surface area contributed by atoms with Crippen molar-refractivity contribution < 1.29 is 19.1 Å². The summed E-state index contributed by atoms with van der Waals surface area (Å²) in [6, 6.07) is 1.79. The molecule has 0 saturated carbocycles. The van der Waals surface area contributed by atoms with Crippen molar-refractivity contribution >= 4 is 11.8 Å². The van der Waals surface area contributed by atoms with Crippen LogP contribution in [0.15, 0.2) is 12.3 Å². The number of likely N-dealkylation sites (tertiary alicyclic amines) is 2. The van der Waals surface area contributed by atoms with E-state index in [0.29, 0.717) is 31.9 Å². The number of aryl methyl sites for hydroxylation is 1. The van der Waals surface area contributed by atoms with Crippen LogP contribution in [0.25, 0.3) is 0 Å². The van der Waals surface area contributed by atoms with Crippen LogP contribution in [0.3, 0.4) is 0 Å². The van der Waals surface area contributed by atoms with Crippen LogP contribution in [0.2, 0.25) is 0 Å². The maximum Gasteiger partial charge on any atom is 0.272 e. The summed E-state index contributed by atoms with van der Waals surface area (Å²) in [4.78, 5) is 28.9. The van der Waals surface area contributed by atoms with E-state index in [4.69, 9.17) is 9.47 Å². The molecule has 1 atom stereocenters. The lowest BCUT2D eigenvalue weighted by molar-refractivity contribution is -0.161. The van der Waals surface area contributed by atoms with Gasteiger partial charge in [-0.25, -0.2) is 0 Å². The second kappa shape index (κ2) is 8.83. The molecule has 29 heavy (non-hydrogen) atoms. The smallest absolute Gasteiger partial charge is 0.272 e. The minimum absolute atomic E-state index is 0.0408. The van der Waals surface area contributed by atoms with E-state index in [-0.39, 0.29) is 30.1 Å². The minimum atomic E-state index is -0.235. The number of hydrogen-bond donors (Lipinski definition) is 0. The van der Waals surface area contributed by atoms with Crippen molar-refractivity contribution in [3.05, 3.63) is 18.0 Å². The molecule has 8 heteroatoms. The molecule has 1 spiro atoms. The van der Waals surface area contributed by atoms with Crippen LogP contribution in [-0.2, 0) is 20.8 Å². The largest absolute Gasteiger partial charge is 0.375 e. The Morgan fingerprint density at radius 3 is 2.69 bits per heavy atom. The summed E-state index contributed by atoms with van der Waals surface area (Å²) in [6.45, 7) is 6.57. The van der Waals surface area contributed by atoms with Gasteiger partial charge < -0.3 is 19.3 Å². The molecule has 0 aromatic carbocycles. The normalized spacial score (nSPS) is 24.2. The van der Waals surface area contributed by atoms with E-state index >= 15 is 0 Å². The molecule has 160 valence electrons. The molecule has 3 aliphatic rings. The number of amides is 2. The van der Waals surface area contributed by atoms with Crippen molar-refractivity contribution in [2.75, 3.05) is 39.4 Å². The fourth-order valence-electron chi connectivity index (χ4n) is 4.77. The number of hydrogen-bond acceptors (Lipinski definition) is 5. The minimum Gasteiger partial charge on any atom is -0.375 e. The molecular formula is C21H32N4O4. The van der Waals surface area contributed by atoms with Crippen LogP contribution in [-0.4, -0.2) is 82.5 Å². The highest BCUT2D eigenvalue weighted by molar-refractivity contribution is 5.92. The molecule has 3 saturated heterocycles. The third-order valence-corrected chi connectivity index (χ3v) is 6.55. The standard InChI is InChI=1S/C21H32N4O4/c1-2-25-18(5-9-22-25)20(27)24-12-7-21(8-13-24)15-17(6-14-29-21)28-16-19(26)23-10-3-4-11-23/h5,9,17H,2-4,6-8,10-16H2,1H3. The summed E-state index contributed by atoms with van der Waals surface area (Å²) in [5.41, 5.74) is 0.413. The maximum atomic E-state index is 12.8. The molecule has 1 unspecified atom stereocenters. The first-order chi connectivity index (χ1) is 14.1. The number of aromatic nitrogens is 2. The van der Waals surface area contributed by atoms with Crippen molar-refractivity contribution in [2.45, 2.75) is 63.7 Å². The van der Waals surface area contributed by atoms with Gasteiger partial charge in [-0.15, -0.1) is 0 Å². The lowest BCUT2D eigenvalue weighted by atomic mass is 9.83. The molecule has 3 fully saturated rings. The molecule has 4 rings (SSSR count). The summed E-state index contributed by atoms with van der Waals surface area (Å²) >= 11 is 0. The Morgan fingerprint density at radius 2 is 1.97 bits per heavy atom. The number of carbonyl (C=O) groups excluding carboxylic acids is 2. The fraction of sp³-hybridized carbons (Fsp3) is 0.762. The predicted molar refractivity (Wildman–Crippen MR) is 107 cm³/mol. The zero-order valence-corrected chi connectivity index (χ0v) is 17.3. The molecule has 2 amide bonds. The van der Waals surface area contributed by atoms with Crippen LogP contribution in [0.1, 0.15) is 55.9 Å². The average Bonchev–Trinajstić information content (AvgIpc) is 3.44. The van der Waals surface area contributed by atoms with Crippen molar-refractivity contribution in [3.63, 3.8) is 0 Å². The third kappa shape index (κ3) is 4.48. The summed E-state index contributed by atoms with van der Waals surface area (Å²) in [5, 5.41) is 4.20. The van der Waals surface area contributed by atoms with Crippen LogP contribution in [0.4, 0.5) is 0 Å². The predicted octanol–water partition coefficient (Wildman–Crippen LogP) is 1.70. The molecule has 4 heterocycles. The van der Waals surface area contributed by atoms with E-state index in [1.807, 2.05) is 16.7 Å². The van der Waals surface area contributed by atoms with Gasteiger partial charge in [0.25, 0.3) is 5.91 Å². The summed E-state index contributed by atoms with van der Waals surface area (Å²) in [7, 11) is 0. The molecule has 3 aliphatic heterocycles. The number of rotatable bonds is 5. The first-order valence-corrected chi connectivity index (χ1v) is 10.9. The van der Waals surface area contributed by atoms with Crippen LogP contribution >= 0.6 is 0 Å². The highest BCUT2D eigenvalue weighted by atomic mass is 16.5. The Morgan fingerprint density at radius 1 is 1.21 bits per heavy atom. The summed E-state index contributed by atoms with van der Waals surface area (Å²) in [6.07, 6.45) is 7.16. The van der Waals surface area contributed by atoms with Crippen LogP contribution in [0.5, 0.6) is 0 Å². The monoisotopic (exact) mass is 404 g/mol. The van der Waals surface area contributed by atoms with E-state index in [0.717, 1.165) is 51.6 Å². The van der Waals surface area contributed by atoms with Gasteiger partial charge in [0.05, 0.1) is 11.7 Å². The molecular weight excluding hydrogens is 372 g/mol. The molecule has 0 radical (unpaired) electrons. The molecule has 1 aromatic rings. The Kier molecular flexibility index (Phi) is 6.20.